The number of aliphatic hydroxyl groups is 1. The lowest BCUT2D eigenvalue weighted by Gasteiger charge is -2.21. The Morgan fingerprint density at radius 3 is 3.00 bits per heavy atom. The Balaban J connectivity index is 2.86. The molecule has 76 valence electrons. The van der Waals surface area contributed by atoms with E-state index in [9.17, 15) is 0 Å². The summed E-state index contributed by atoms with van der Waals surface area (Å²) in [4.78, 5) is 9.91. The summed E-state index contributed by atoms with van der Waals surface area (Å²) in [7, 11) is 0. The number of aliphatic hydroxyl groups excluding tert-OH is 1. The molecule has 0 amide bonds. The van der Waals surface area contributed by atoms with Crippen LogP contribution in [-0.2, 0) is 0 Å². The summed E-state index contributed by atoms with van der Waals surface area (Å²) in [6.07, 6.45) is 4.92. The molecule has 0 aromatic carbocycles. The molecule has 0 saturated heterocycles. The summed E-state index contributed by atoms with van der Waals surface area (Å²) < 4.78 is 0.815. The average Bonchev–Trinajstić information content (AvgIpc) is 2.18. The van der Waals surface area contributed by atoms with Crippen molar-refractivity contribution in [2.75, 3.05) is 24.6 Å². The minimum absolute atomic E-state index is 0.0876. The van der Waals surface area contributed by atoms with Crippen LogP contribution in [0.25, 0.3) is 0 Å². The molecule has 1 heterocycles. The highest BCUT2D eigenvalue weighted by atomic mass is 79.9. The van der Waals surface area contributed by atoms with E-state index < -0.39 is 0 Å². The summed E-state index contributed by atoms with van der Waals surface area (Å²) in [6.45, 7) is 4.92. The van der Waals surface area contributed by atoms with Crippen LogP contribution in [0.15, 0.2) is 29.7 Å². The highest BCUT2D eigenvalue weighted by Gasteiger charge is 2.08. The predicted molar refractivity (Wildman–Crippen MR) is 59.2 cm³/mol. The van der Waals surface area contributed by atoms with Crippen LogP contribution in [0.4, 0.5) is 5.82 Å². The number of halogens is 1. The van der Waals surface area contributed by atoms with Crippen molar-refractivity contribution < 1.29 is 5.11 Å². The van der Waals surface area contributed by atoms with E-state index >= 15 is 0 Å². The van der Waals surface area contributed by atoms with Gasteiger partial charge in [0.05, 0.1) is 11.1 Å². The maximum Gasteiger partial charge on any atom is 0.146 e. The summed E-state index contributed by atoms with van der Waals surface area (Å²) in [6, 6.07) is 0. The lowest BCUT2D eigenvalue weighted by atomic mass is 10.4. The van der Waals surface area contributed by atoms with Crippen molar-refractivity contribution in [2.45, 2.75) is 0 Å². The van der Waals surface area contributed by atoms with Gasteiger partial charge in [0.25, 0.3) is 0 Å². The van der Waals surface area contributed by atoms with Crippen LogP contribution < -0.4 is 4.90 Å². The second-order valence-corrected chi connectivity index (χ2v) is 3.51. The molecule has 0 saturated carbocycles. The molecule has 0 atom stereocenters. The quantitative estimate of drug-likeness (QED) is 0.807. The number of hydrogen-bond donors (Lipinski definition) is 1. The largest absolute Gasteiger partial charge is 0.395 e. The van der Waals surface area contributed by atoms with Gasteiger partial charge in [0.2, 0.25) is 0 Å². The van der Waals surface area contributed by atoms with Gasteiger partial charge in [-0.25, -0.2) is 9.97 Å². The number of aromatic nitrogens is 2. The highest BCUT2D eigenvalue weighted by Crippen LogP contribution is 2.21. The summed E-state index contributed by atoms with van der Waals surface area (Å²) in [5.74, 6) is 0.772. The van der Waals surface area contributed by atoms with E-state index in [0.717, 1.165) is 10.3 Å². The van der Waals surface area contributed by atoms with E-state index in [0.29, 0.717) is 13.1 Å². The van der Waals surface area contributed by atoms with E-state index in [-0.39, 0.29) is 6.61 Å². The van der Waals surface area contributed by atoms with Crippen molar-refractivity contribution in [3.05, 3.63) is 29.7 Å². The minimum atomic E-state index is 0.0876. The molecule has 14 heavy (non-hydrogen) atoms. The smallest absolute Gasteiger partial charge is 0.146 e. The first-order valence-electron chi connectivity index (χ1n) is 4.21. The molecule has 1 rings (SSSR count). The van der Waals surface area contributed by atoms with Gasteiger partial charge < -0.3 is 10.0 Å². The van der Waals surface area contributed by atoms with E-state index in [2.05, 4.69) is 32.5 Å². The Bertz CT molecular complexity index is 306. The van der Waals surface area contributed by atoms with Crippen LogP contribution in [0, 0.1) is 0 Å². The third kappa shape index (κ3) is 2.78. The van der Waals surface area contributed by atoms with E-state index in [4.69, 9.17) is 5.11 Å². The molecule has 0 spiro atoms. The Morgan fingerprint density at radius 2 is 2.43 bits per heavy atom. The van der Waals surface area contributed by atoms with Crippen LogP contribution >= 0.6 is 15.9 Å². The Hall–Kier alpha value is -0.940. The molecule has 1 N–H and O–H groups in total. The predicted octanol–water partition coefficient (Wildman–Crippen LogP) is 1.22. The SMILES string of the molecule is C=CCN(CCO)c1ncncc1Br. The summed E-state index contributed by atoms with van der Waals surface area (Å²) in [5.41, 5.74) is 0. The van der Waals surface area contributed by atoms with E-state index in [1.165, 1.54) is 6.33 Å². The maximum absolute atomic E-state index is 8.88. The van der Waals surface area contributed by atoms with Crippen molar-refractivity contribution in [1.29, 1.82) is 0 Å². The lowest BCUT2D eigenvalue weighted by molar-refractivity contribution is 0.302. The average molecular weight is 258 g/mol. The fraction of sp³-hybridized carbons (Fsp3) is 0.333. The van der Waals surface area contributed by atoms with Crippen molar-refractivity contribution in [2.24, 2.45) is 0 Å². The van der Waals surface area contributed by atoms with Crippen LogP contribution in [-0.4, -0.2) is 34.8 Å². The molecular formula is C9H12BrN3O. The molecule has 0 aliphatic rings. The molecule has 0 unspecified atom stereocenters. The first-order chi connectivity index (χ1) is 6.79. The molecule has 5 heteroatoms. The van der Waals surface area contributed by atoms with E-state index in [1.54, 1.807) is 12.3 Å². The number of nitrogens with zero attached hydrogens (tertiary/aromatic N) is 3. The van der Waals surface area contributed by atoms with Crippen LogP contribution in [0.5, 0.6) is 0 Å². The van der Waals surface area contributed by atoms with Crippen LogP contribution in [0.3, 0.4) is 0 Å². The normalized spacial score (nSPS) is 9.86. The maximum atomic E-state index is 8.88. The van der Waals surface area contributed by atoms with Crippen molar-refractivity contribution in [1.82, 2.24) is 9.97 Å². The minimum Gasteiger partial charge on any atom is -0.395 e. The van der Waals surface area contributed by atoms with Gasteiger partial charge in [0.1, 0.15) is 12.1 Å². The molecule has 0 aliphatic carbocycles. The van der Waals surface area contributed by atoms with E-state index in [1.807, 2.05) is 4.90 Å². The molecule has 1 aromatic rings. The molecule has 0 fully saturated rings. The second kappa shape index (κ2) is 5.72. The summed E-state index contributed by atoms with van der Waals surface area (Å²) in [5, 5.41) is 8.88. The first kappa shape index (κ1) is 11.1. The second-order valence-electron chi connectivity index (χ2n) is 2.65. The Morgan fingerprint density at radius 1 is 1.64 bits per heavy atom. The van der Waals surface area contributed by atoms with Gasteiger partial charge in [0.15, 0.2) is 0 Å². The molecule has 0 radical (unpaired) electrons. The number of anilines is 1. The highest BCUT2D eigenvalue weighted by molar-refractivity contribution is 9.10. The van der Waals surface area contributed by atoms with Crippen molar-refractivity contribution in [3.63, 3.8) is 0 Å². The topological polar surface area (TPSA) is 49.2 Å². The zero-order chi connectivity index (χ0) is 10.4. The van der Waals surface area contributed by atoms with Crippen molar-refractivity contribution >= 4 is 21.7 Å². The fourth-order valence-corrected chi connectivity index (χ4v) is 1.57. The van der Waals surface area contributed by atoms with Crippen LogP contribution in [0.2, 0.25) is 0 Å². The number of hydrogen-bond acceptors (Lipinski definition) is 4. The van der Waals surface area contributed by atoms with Gasteiger partial charge in [0, 0.05) is 19.3 Å². The standard InChI is InChI=1S/C9H12BrN3O/c1-2-3-13(4-5-14)9-8(10)6-11-7-12-9/h2,6-7,14H,1,3-5H2. The third-order valence-corrected chi connectivity index (χ3v) is 2.23. The van der Waals surface area contributed by atoms with Gasteiger partial charge >= 0.3 is 0 Å². The van der Waals surface area contributed by atoms with Crippen molar-refractivity contribution in [3.8, 4) is 0 Å². The lowest BCUT2D eigenvalue weighted by Crippen LogP contribution is -2.27. The van der Waals surface area contributed by atoms with Gasteiger partial charge in [-0.15, -0.1) is 6.58 Å². The fourth-order valence-electron chi connectivity index (χ4n) is 1.10. The zero-order valence-corrected chi connectivity index (χ0v) is 9.31. The summed E-state index contributed by atoms with van der Waals surface area (Å²) >= 11 is 3.35. The monoisotopic (exact) mass is 257 g/mol. The zero-order valence-electron chi connectivity index (χ0n) is 7.73. The Kier molecular flexibility index (Phi) is 4.55. The third-order valence-electron chi connectivity index (χ3n) is 1.67. The molecule has 4 nitrogen and oxygen atoms in total. The van der Waals surface area contributed by atoms with Crippen LogP contribution in [0.1, 0.15) is 0 Å². The number of rotatable bonds is 5. The molecule has 0 aliphatic heterocycles. The molecule has 1 aromatic heterocycles. The van der Waals surface area contributed by atoms with Gasteiger partial charge in [-0.05, 0) is 15.9 Å². The molecular weight excluding hydrogens is 246 g/mol. The van der Waals surface area contributed by atoms with Gasteiger partial charge in [-0.2, -0.15) is 0 Å². The van der Waals surface area contributed by atoms with Gasteiger partial charge in [-0.3, -0.25) is 0 Å². The van der Waals surface area contributed by atoms with Gasteiger partial charge in [-0.1, -0.05) is 6.08 Å². The molecule has 0 bridgehead atoms. The Labute approximate surface area is 91.4 Å². The first-order valence-corrected chi connectivity index (χ1v) is 5.01.